The zero-order valence-corrected chi connectivity index (χ0v) is 11.8. The molecule has 0 aliphatic carbocycles. The van der Waals surface area contributed by atoms with Crippen LogP contribution in [0, 0.1) is 6.92 Å². The Balaban J connectivity index is 1.66. The molecule has 100 valence electrons. The van der Waals surface area contributed by atoms with Gasteiger partial charge in [-0.1, -0.05) is 17.4 Å². The highest BCUT2D eigenvalue weighted by Gasteiger charge is 2.17. The smallest absolute Gasteiger partial charge is 0.241 e. The van der Waals surface area contributed by atoms with Gasteiger partial charge < -0.3 is 10.2 Å². The maximum Gasteiger partial charge on any atom is 0.241 e. The Morgan fingerprint density at radius 3 is 3.00 bits per heavy atom. The van der Waals surface area contributed by atoms with Crippen LogP contribution in [0.1, 0.15) is 18.4 Å². The van der Waals surface area contributed by atoms with Crippen LogP contribution in [0.4, 0.5) is 5.13 Å². The number of nitrogens with zero attached hydrogens (tertiary/aromatic N) is 2. The van der Waals surface area contributed by atoms with Crippen molar-refractivity contribution >= 4 is 32.6 Å². The van der Waals surface area contributed by atoms with Crippen molar-refractivity contribution in [3.05, 3.63) is 23.8 Å². The van der Waals surface area contributed by atoms with E-state index in [4.69, 9.17) is 0 Å². The molecular formula is C14H17N3OS. The maximum absolute atomic E-state index is 11.9. The topological polar surface area (TPSA) is 45.2 Å². The molecule has 1 aromatic carbocycles. The van der Waals surface area contributed by atoms with Crippen molar-refractivity contribution in [2.45, 2.75) is 19.8 Å². The number of hydrogen-bond donors (Lipinski definition) is 1. The predicted molar refractivity (Wildman–Crippen MR) is 78.7 cm³/mol. The predicted octanol–water partition coefficient (Wildman–Crippen LogP) is 2.64. The molecule has 1 saturated heterocycles. The van der Waals surface area contributed by atoms with Crippen molar-refractivity contribution in [3.63, 3.8) is 0 Å². The molecule has 1 aliphatic rings. The van der Waals surface area contributed by atoms with Crippen LogP contribution in [-0.4, -0.2) is 35.4 Å². The lowest BCUT2D eigenvalue weighted by Crippen LogP contribution is -2.32. The van der Waals surface area contributed by atoms with Crippen molar-refractivity contribution in [2.75, 3.05) is 25.0 Å². The summed E-state index contributed by atoms with van der Waals surface area (Å²) >= 11 is 1.60. The lowest BCUT2D eigenvalue weighted by molar-refractivity contribution is -0.128. The van der Waals surface area contributed by atoms with Gasteiger partial charge in [0.1, 0.15) is 0 Å². The number of anilines is 1. The summed E-state index contributed by atoms with van der Waals surface area (Å²) in [5.74, 6) is 0.174. The summed E-state index contributed by atoms with van der Waals surface area (Å²) in [5, 5.41) is 3.97. The van der Waals surface area contributed by atoms with E-state index in [1.807, 2.05) is 4.90 Å². The summed E-state index contributed by atoms with van der Waals surface area (Å²) in [7, 11) is 0. The second-order valence-corrected chi connectivity index (χ2v) is 5.96. The third kappa shape index (κ3) is 2.71. The molecule has 0 atom stereocenters. The Morgan fingerprint density at radius 2 is 2.21 bits per heavy atom. The third-order valence-electron chi connectivity index (χ3n) is 3.39. The third-order valence-corrected chi connectivity index (χ3v) is 4.39. The number of nitrogens with one attached hydrogen (secondary N) is 1. The monoisotopic (exact) mass is 275 g/mol. The fourth-order valence-corrected chi connectivity index (χ4v) is 3.18. The highest BCUT2D eigenvalue weighted by Crippen LogP contribution is 2.26. The van der Waals surface area contributed by atoms with Gasteiger partial charge in [-0.3, -0.25) is 4.79 Å². The van der Waals surface area contributed by atoms with E-state index in [0.29, 0.717) is 6.54 Å². The number of hydrogen-bond acceptors (Lipinski definition) is 4. The fourth-order valence-electron chi connectivity index (χ4n) is 2.34. The Kier molecular flexibility index (Phi) is 3.38. The van der Waals surface area contributed by atoms with E-state index < -0.39 is 0 Å². The molecule has 0 bridgehead atoms. The second-order valence-electron chi connectivity index (χ2n) is 4.93. The van der Waals surface area contributed by atoms with Gasteiger partial charge >= 0.3 is 0 Å². The number of amides is 1. The zero-order chi connectivity index (χ0) is 13.2. The summed E-state index contributed by atoms with van der Waals surface area (Å²) in [6.07, 6.45) is 2.26. The molecule has 2 heterocycles. The molecule has 0 spiro atoms. The van der Waals surface area contributed by atoms with Gasteiger partial charge in [0.2, 0.25) is 5.91 Å². The largest absolute Gasteiger partial charge is 0.352 e. The minimum absolute atomic E-state index is 0.174. The normalized spacial score (nSPS) is 15.1. The number of carbonyl (C=O) groups is 1. The number of likely N-dealkylation sites (tertiary alicyclic amines) is 1. The van der Waals surface area contributed by atoms with Crippen LogP contribution in [0.2, 0.25) is 0 Å². The molecule has 0 saturated carbocycles. The van der Waals surface area contributed by atoms with Crippen LogP contribution in [0.25, 0.3) is 10.2 Å². The molecule has 5 heteroatoms. The van der Waals surface area contributed by atoms with Gasteiger partial charge in [-0.15, -0.1) is 0 Å². The van der Waals surface area contributed by atoms with Crippen molar-refractivity contribution in [2.24, 2.45) is 0 Å². The van der Waals surface area contributed by atoms with Crippen LogP contribution < -0.4 is 5.32 Å². The van der Waals surface area contributed by atoms with E-state index in [-0.39, 0.29) is 5.91 Å². The Bertz CT molecular complexity index is 602. The van der Waals surface area contributed by atoms with E-state index in [0.717, 1.165) is 41.3 Å². The summed E-state index contributed by atoms with van der Waals surface area (Å²) in [6.45, 7) is 4.21. The quantitative estimate of drug-likeness (QED) is 0.936. The molecule has 19 heavy (non-hydrogen) atoms. The number of fused-ring (bicyclic) bond motifs is 1. The van der Waals surface area contributed by atoms with Crippen LogP contribution in [0.15, 0.2) is 18.2 Å². The number of carbonyl (C=O) groups excluding carboxylic acids is 1. The van der Waals surface area contributed by atoms with Crippen molar-refractivity contribution in [3.8, 4) is 0 Å². The Labute approximate surface area is 116 Å². The molecule has 1 aromatic heterocycles. The van der Waals surface area contributed by atoms with E-state index in [1.165, 1.54) is 5.56 Å². The van der Waals surface area contributed by atoms with Gasteiger partial charge in [0.05, 0.1) is 16.8 Å². The van der Waals surface area contributed by atoms with Gasteiger partial charge in [0.15, 0.2) is 5.13 Å². The maximum atomic E-state index is 11.9. The number of rotatable bonds is 3. The van der Waals surface area contributed by atoms with Gasteiger partial charge in [0.25, 0.3) is 0 Å². The van der Waals surface area contributed by atoms with E-state index in [1.54, 1.807) is 11.3 Å². The van der Waals surface area contributed by atoms with Crippen molar-refractivity contribution in [1.82, 2.24) is 9.88 Å². The SMILES string of the molecule is Cc1ccc2sc(NCC(=O)N3CCCC3)nc2c1. The average molecular weight is 275 g/mol. The van der Waals surface area contributed by atoms with Crippen LogP contribution in [0.3, 0.4) is 0 Å². The zero-order valence-electron chi connectivity index (χ0n) is 11.0. The first-order chi connectivity index (χ1) is 9.22. The molecule has 3 rings (SSSR count). The summed E-state index contributed by atoms with van der Waals surface area (Å²) in [4.78, 5) is 18.4. The Hall–Kier alpha value is -1.62. The van der Waals surface area contributed by atoms with Gasteiger partial charge in [-0.25, -0.2) is 4.98 Å². The number of aryl methyl sites for hydroxylation is 1. The van der Waals surface area contributed by atoms with Crippen molar-refractivity contribution in [1.29, 1.82) is 0 Å². The molecule has 1 N–H and O–H groups in total. The van der Waals surface area contributed by atoms with E-state index in [2.05, 4.69) is 35.4 Å². The molecule has 1 amide bonds. The molecule has 0 unspecified atom stereocenters. The first-order valence-electron chi connectivity index (χ1n) is 6.61. The summed E-state index contributed by atoms with van der Waals surface area (Å²) in [5.41, 5.74) is 2.21. The van der Waals surface area contributed by atoms with Gasteiger partial charge in [-0.2, -0.15) is 0 Å². The lowest BCUT2D eigenvalue weighted by atomic mass is 10.2. The molecule has 1 aliphatic heterocycles. The fraction of sp³-hybridized carbons (Fsp3) is 0.429. The van der Waals surface area contributed by atoms with Crippen LogP contribution in [-0.2, 0) is 4.79 Å². The molecule has 2 aromatic rings. The number of aromatic nitrogens is 1. The molecule has 0 radical (unpaired) electrons. The number of thiazole rings is 1. The first-order valence-corrected chi connectivity index (χ1v) is 7.43. The Morgan fingerprint density at radius 1 is 1.42 bits per heavy atom. The highest BCUT2D eigenvalue weighted by atomic mass is 32.1. The van der Waals surface area contributed by atoms with Gasteiger partial charge in [0, 0.05) is 13.1 Å². The summed E-state index contributed by atoms with van der Waals surface area (Å²) < 4.78 is 1.15. The summed E-state index contributed by atoms with van der Waals surface area (Å²) in [6, 6.07) is 6.23. The van der Waals surface area contributed by atoms with Crippen LogP contribution in [0.5, 0.6) is 0 Å². The first kappa shape index (κ1) is 12.4. The number of benzene rings is 1. The second kappa shape index (κ2) is 5.17. The molecular weight excluding hydrogens is 258 g/mol. The standard InChI is InChI=1S/C14H17N3OS/c1-10-4-5-12-11(8-10)16-14(19-12)15-9-13(18)17-6-2-3-7-17/h4-5,8H,2-3,6-7,9H2,1H3,(H,15,16). The van der Waals surface area contributed by atoms with E-state index >= 15 is 0 Å². The highest BCUT2D eigenvalue weighted by molar-refractivity contribution is 7.22. The molecule has 4 nitrogen and oxygen atoms in total. The van der Waals surface area contributed by atoms with Gasteiger partial charge in [-0.05, 0) is 37.5 Å². The molecule has 1 fully saturated rings. The average Bonchev–Trinajstić information content (AvgIpc) is 3.04. The van der Waals surface area contributed by atoms with E-state index in [9.17, 15) is 4.79 Å². The minimum Gasteiger partial charge on any atom is -0.352 e. The van der Waals surface area contributed by atoms with Crippen LogP contribution >= 0.6 is 11.3 Å². The lowest BCUT2D eigenvalue weighted by Gasteiger charge is -2.14. The van der Waals surface area contributed by atoms with Crippen molar-refractivity contribution < 1.29 is 4.79 Å². The minimum atomic E-state index is 0.174.